The Morgan fingerprint density at radius 2 is 0.312 bits per heavy atom. The Kier molecular flexibility index (Phi) is 2950. The first-order valence-corrected chi connectivity index (χ1v) is 1.34. The van der Waals surface area contributed by atoms with Crippen LogP contribution in [0.3, 0.4) is 0 Å². The van der Waals surface area contributed by atoms with Crippen molar-refractivity contribution in [1.82, 2.24) is 0 Å². The van der Waals surface area contributed by atoms with Crippen molar-refractivity contribution >= 4 is 0 Å². The quantitative estimate of drug-likeness (QED) is 0.255. The van der Waals surface area contributed by atoms with Crippen LogP contribution in [-0.4, -0.2) is 0 Å². The van der Waals surface area contributed by atoms with E-state index in [9.17, 15) is 0 Å². The van der Waals surface area contributed by atoms with E-state index in [2.05, 4.69) is 0 Å². The molecular formula is C6FeN6Rb3. The SMILES string of the molecule is [C-]#N.[C-]#N.[C-]#N.[C-]#N.[C-]#N.[C-]#N.[Fe+3].[Rb+].[Rb+].[Rb+]. The number of nitrogens with zero attached hydrogens (tertiary/aromatic N) is 6. The summed E-state index contributed by atoms with van der Waals surface area (Å²) in [5.74, 6) is 0. The molecule has 0 aromatic heterocycles. The average molecular weight is 468 g/mol. The molecule has 0 bridgehead atoms. The molecule has 0 unspecified atom stereocenters. The van der Waals surface area contributed by atoms with Crippen LogP contribution in [0.2, 0.25) is 0 Å². The Balaban J connectivity index is -0.00000000321. The molecule has 0 aromatic rings. The van der Waals surface area contributed by atoms with Crippen LogP contribution in [0, 0.1) is 71.0 Å². The van der Waals surface area contributed by atoms with Crippen molar-refractivity contribution in [2.45, 2.75) is 0 Å². The van der Waals surface area contributed by atoms with E-state index in [1.54, 1.807) is 0 Å². The summed E-state index contributed by atoms with van der Waals surface area (Å²) in [4.78, 5) is 0. The molecule has 0 amide bonds. The van der Waals surface area contributed by atoms with Crippen molar-refractivity contribution in [1.29, 1.82) is 31.6 Å². The van der Waals surface area contributed by atoms with Crippen molar-refractivity contribution in [2.75, 3.05) is 0 Å². The van der Waals surface area contributed by atoms with Gasteiger partial charge in [0.2, 0.25) is 0 Å². The molecule has 6 nitrogen and oxygen atoms in total. The van der Waals surface area contributed by atoms with E-state index < -0.39 is 0 Å². The monoisotopic (exact) mass is 467 g/mol. The predicted molar refractivity (Wildman–Crippen MR) is 29.8 cm³/mol. The zero-order valence-corrected chi connectivity index (χ0v) is 24.9. The van der Waals surface area contributed by atoms with Crippen LogP contribution < -0.4 is 175 Å². The molecule has 10 heteroatoms. The van der Waals surface area contributed by atoms with Gasteiger partial charge < -0.3 is 71.0 Å². The van der Waals surface area contributed by atoms with E-state index >= 15 is 0 Å². The Labute approximate surface area is 254 Å². The average Bonchev–Trinajstić information content (AvgIpc) is 2.33. The zero-order chi connectivity index (χ0) is 12.0. The molecule has 0 spiro atoms. The Morgan fingerprint density at radius 3 is 0.312 bits per heavy atom. The number of rotatable bonds is 0. The van der Waals surface area contributed by atoms with E-state index in [1.807, 2.05) is 0 Å². The second-order valence-electron chi connectivity index (χ2n) is 0. The molecule has 65 valence electrons. The fourth-order valence-corrected chi connectivity index (χ4v) is 0. The summed E-state index contributed by atoms with van der Waals surface area (Å²) in [7, 11) is 0. The number of hydrogen-bond acceptors (Lipinski definition) is 6. The molecule has 0 fully saturated rings. The van der Waals surface area contributed by atoms with Crippen LogP contribution >= 0.6 is 0 Å². The molecule has 0 saturated heterocycles. The van der Waals surface area contributed by atoms with Gasteiger partial charge in [-0.25, -0.2) is 0 Å². The molecule has 1 radical (unpaired) electrons. The van der Waals surface area contributed by atoms with Gasteiger partial charge in [-0.1, -0.05) is 0 Å². The molecule has 0 rings (SSSR count). The summed E-state index contributed by atoms with van der Waals surface area (Å²) in [6.07, 6.45) is 0. The van der Waals surface area contributed by atoms with Gasteiger partial charge in [0.15, 0.2) is 0 Å². The van der Waals surface area contributed by atoms with Crippen molar-refractivity contribution in [3.63, 3.8) is 0 Å². The van der Waals surface area contributed by atoms with Crippen LogP contribution in [0.1, 0.15) is 0 Å². The zero-order valence-electron chi connectivity index (χ0n) is 9.04. The van der Waals surface area contributed by atoms with Crippen LogP contribution in [0.25, 0.3) is 0 Å². The molecule has 0 atom stereocenters. The first-order valence-electron chi connectivity index (χ1n) is 1.34. The van der Waals surface area contributed by atoms with Crippen LogP contribution in [0.4, 0.5) is 0 Å². The topological polar surface area (TPSA) is 143 Å². The van der Waals surface area contributed by atoms with Gasteiger partial charge in [-0.2, -0.15) is 0 Å². The Hall–Kier alpha value is 2.88. The van der Waals surface area contributed by atoms with Gasteiger partial charge in [-0.15, -0.1) is 0 Å². The van der Waals surface area contributed by atoms with E-state index in [0.29, 0.717) is 0 Å². The first-order chi connectivity index (χ1) is 6.00. The molecule has 0 N–H and O–H groups in total. The first kappa shape index (κ1) is 76.6. The van der Waals surface area contributed by atoms with Gasteiger partial charge in [0.05, 0.1) is 0 Å². The minimum absolute atomic E-state index is 0. The summed E-state index contributed by atoms with van der Waals surface area (Å²) < 4.78 is 0. The van der Waals surface area contributed by atoms with Crippen molar-refractivity contribution in [3.05, 3.63) is 39.4 Å². The van der Waals surface area contributed by atoms with Gasteiger partial charge in [-0.05, 0) is 0 Å². The minimum atomic E-state index is 0. The van der Waals surface area contributed by atoms with E-state index in [1.165, 1.54) is 0 Å². The largest absolute Gasteiger partial charge is 3.00 e. The maximum atomic E-state index is 6.25. The molecule has 0 aliphatic heterocycles. The molecule has 0 saturated carbocycles. The fraction of sp³-hybridized carbons (Fsp3) is 0. The van der Waals surface area contributed by atoms with Crippen molar-refractivity contribution < 1.29 is 192 Å². The standard InChI is InChI=1S/6CN.Fe.3Rb/c6*1-2;;;;/q6*-1;+3;3*+1. The van der Waals surface area contributed by atoms with Crippen molar-refractivity contribution in [2.24, 2.45) is 0 Å². The van der Waals surface area contributed by atoms with Gasteiger partial charge in [-0.3, -0.25) is 0 Å². The van der Waals surface area contributed by atoms with Crippen molar-refractivity contribution in [3.8, 4) is 0 Å². The second kappa shape index (κ2) is 616. The van der Waals surface area contributed by atoms with Gasteiger partial charge in [0.1, 0.15) is 0 Å². The third-order valence-corrected chi connectivity index (χ3v) is 0. The fourth-order valence-electron chi connectivity index (χ4n) is 0. The van der Waals surface area contributed by atoms with E-state index in [4.69, 9.17) is 71.0 Å². The van der Waals surface area contributed by atoms with Gasteiger partial charge in [0, 0.05) is 0 Å². The second-order valence-corrected chi connectivity index (χ2v) is 0. The van der Waals surface area contributed by atoms with Gasteiger partial charge in [0.25, 0.3) is 0 Å². The molecule has 16 heavy (non-hydrogen) atoms. The van der Waals surface area contributed by atoms with E-state index in [0.717, 1.165) is 0 Å². The van der Waals surface area contributed by atoms with E-state index in [-0.39, 0.29) is 192 Å². The summed E-state index contributed by atoms with van der Waals surface area (Å²) in [5, 5.41) is 37.5. The van der Waals surface area contributed by atoms with Gasteiger partial charge >= 0.3 is 192 Å². The van der Waals surface area contributed by atoms with Crippen LogP contribution in [0.5, 0.6) is 0 Å². The summed E-state index contributed by atoms with van der Waals surface area (Å²) >= 11 is 0. The van der Waals surface area contributed by atoms with Crippen LogP contribution in [-0.2, 0) is 17.1 Å². The summed E-state index contributed by atoms with van der Waals surface area (Å²) in [5.41, 5.74) is 0. The minimum Gasteiger partial charge on any atom is -0.512 e. The summed E-state index contributed by atoms with van der Waals surface area (Å²) in [6.45, 7) is 28.5. The maximum absolute atomic E-state index is 6.25. The van der Waals surface area contributed by atoms with Crippen LogP contribution in [0.15, 0.2) is 0 Å². The molecule has 0 aromatic carbocycles. The Bertz CT molecular complexity index is 103. The smallest absolute Gasteiger partial charge is 0.512 e. The third kappa shape index (κ3) is 514. The predicted octanol–water partition coefficient (Wildman–Crippen LogP) is -8.41. The third-order valence-electron chi connectivity index (χ3n) is 0. The molecule has 0 aliphatic carbocycles. The number of hydrogen-bond donors (Lipinski definition) is 0. The Morgan fingerprint density at radius 1 is 0.312 bits per heavy atom. The summed E-state index contributed by atoms with van der Waals surface area (Å²) in [6, 6.07) is 0. The molecular weight excluding hydrogens is 468 g/mol. The molecule has 0 aliphatic rings. The normalized spacial score (nSPS) is 0.750. The maximum Gasteiger partial charge on any atom is 3.00 e. The molecule has 0 heterocycles.